The molecule has 31 heavy (non-hydrogen) atoms. The van der Waals surface area contributed by atoms with Crippen LogP contribution < -0.4 is 14.8 Å². The Morgan fingerprint density at radius 2 is 1.87 bits per heavy atom. The van der Waals surface area contributed by atoms with E-state index in [1.165, 1.54) is 6.20 Å². The lowest BCUT2D eigenvalue weighted by molar-refractivity contribution is 0.0525. The van der Waals surface area contributed by atoms with E-state index in [4.69, 9.17) is 14.2 Å². The van der Waals surface area contributed by atoms with Gasteiger partial charge in [0.1, 0.15) is 18.0 Å². The number of hydrogen-bond acceptors (Lipinski definition) is 6. The third-order valence-electron chi connectivity index (χ3n) is 4.24. The molecule has 7 heteroatoms. The number of alkyl carbamates (subject to hydrolysis) is 1. The maximum Gasteiger partial charge on any atom is 0.407 e. The van der Waals surface area contributed by atoms with Crippen LogP contribution in [0.2, 0.25) is 0 Å². The molecule has 164 valence electrons. The van der Waals surface area contributed by atoms with E-state index in [2.05, 4.69) is 10.3 Å². The minimum atomic E-state index is -0.538. The van der Waals surface area contributed by atoms with Crippen LogP contribution in [-0.2, 0) is 11.3 Å². The highest BCUT2D eigenvalue weighted by atomic mass is 16.6. The number of hydrogen-bond donors (Lipinski definition) is 2. The van der Waals surface area contributed by atoms with E-state index in [1.807, 2.05) is 63.2 Å². The Balaban J connectivity index is 1.66. The van der Waals surface area contributed by atoms with Crippen LogP contribution in [0.1, 0.15) is 32.8 Å². The highest BCUT2D eigenvalue weighted by Gasteiger charge is 2.16. The summed E-state index contributed by atoms with van der Waals surface area (Å²) in [5, 5.41) is 13.3. The molecule has 1 heterocycles. The number of carbonyl (C=O) groups excluding carboxylic acids is 1. The van der Waals surface area contributed by atoms with Crippen LogP contribution in [0.3, 0.4) is 0 Å². The first-order chi connectivity index (χ1) is 14.8. The number of benzene rings is 2. The molecular formula is C24H28N2O5. The van der Waals surface area contributed by atoms with Gasteiger partial charge in [0.25, 0.3) is 0 Å². The maximum atomic E-state index is 11.7. The van der Waals surface area contributed by atoms with Gasteiger partial charge in [0.2, 0.25) is 0 Å². The molecule has 0 aliphatic carbocycles. The Morgan fingerprint density at radius 3 is 2.61 bits per heavy atom. The van der Waals surface area contributed by atoms with Gasteiger partial charge in [-0.3, -0.25) is 4.98 Å². The van der Waals surface area contributed by atoms with Crippen LogP contribution in [0.5, 0.6) is 17.2 Å². The van der Waals surface area contributed by atoms with Gasteiger partial charge in [-0.2, -0.15) is 0 Å². The summed E-state index contributed by atoms with van der Waals surface area (Å²) in [6.07, 6.45) is 1.50. The van der Waals surface area contributed by atoms with Crippen molar-refractivity contribution < 1.29 is 24.1 Å². The summed E-state index contributed by atoms with van der Waals surface area (Å²) < 4.78 is 17.2. The van der Waals surface area contributed by atoms with Gasteiger partial charge >= 0.3 is 6.09 Å². The molecule has 0 aliphatic rings. The second-order valence-electron chi connectivity index (χ2n) is 8.06. The van der Waals surface area contributed by atoms with Gasteiger partial charge in [-0.1, -0.05) is 30.3 Å². The monoisotopic (exact) mass is 424 g/mol. The fraction of sp³-hybridized carbons (Fsp3) is 0.333. The predicted molar refractivity (Wildman–Crippen MR) is 119 cm³/mol. The normalized spacial score (nSPS) is 11.2. The predicted octanol–water partition coefficient (Wildman–Crippen LogP) is 4.81. The standard InChI is InChI=1S/C24H28N2O5/c1-24(2,3)31-23(28)25-12-7-13-29-22-19-14-18(27)15-26-20(19)10-11-21(22)30-16-17-8-5-4-6-9-17/h4-6,8-11,14-15,27H,7,12-13,16H2,1-3H3,(H,25,28). The van der Waals surface area contributed by atoms with Crippen molar-refractivity contribution in [1.82, 2.24) is 10.3 Å². The molecular weight excluding hydrogens is 396 g/mol. The second kappa shape index (κ2) is 10.0. The summed E-state index contributed by atoms with van der Waals surface area (Å²) >= 11 is 0. The first-order valence-electron chi connectivity index (χ1n) is 10.2. The van der Waals surface area contributed by atoms with Crippen LogP contribution in [0.25, 0.3) is 10.9 Å². The Hall–Kier alpha value is -3.48. The van der Waals surface area contributed by atoms with E-state index in [9.17, 15) is 9.90 Å². The molecule has 2 aromatic carbocycles. The Labute approximate surface area is 182 Å². The lowest BCUT2D eigenvalue weighted by atomic mass is 10.1. The van der Waals surface area contributed by atoms with Gasteiger partial charge in [0.05, 0.1) is 18.3 Å². The van der Waals surface area contributed by atoms with E-state index in [1.54, 1.807) is 6.07 Å². The summed E-state index contributed by atoms with van der Waals surface area (Å²) in [7, 11) is 0. The van der Waals surface area contributed by atoms with Gasteiger partial charge in [0, 0.05) is 11.9 Å². The summed E-state index contributed by atoms with van der Waals surface area (Å²) in [4.78, 5) is 16.0. The molecule has 0 saturated heterocycles. The van der Waals surface area contributed by atoms with E-state index in [0.29, 0.717) is 48.6 Å². The van der Waals surface area contributed by atoms with Crippen molar-refractivity contribution in [2.75, 3.05) is 13.2 Å². The molecule has 0 aliphatic heterocycles. The first-order valence-corrected chi connectivity index (χ1v) is 10.2. The van der Waals surface area contributed by atoms with Gasteiger partial charge in [-0.05, 0) is 51.0 Å². The Bertz CT molecular complexity index is 1020. The molecule has 0 radical (unpaired) electrons. The minimum absolute atomic E-state index is 0.0455. The molecule has 7 nitrogen and oxygen atoms in total. The third kappa shape index (κ3) is 6.77. The smallest absolute Gasteiger partial charge is 0.407 e. The van der Waals surface area contributed by atoms with E-state index in [0.717, 1.165) is 5.56 Å². The largest absolute Gasteiger partial charge is 0.506 e. The van der Waals surface area contributed by atoms with Crippen LogP contribution in [0.15, 0.2) is 54.7 Å². The first kappa shape index (κ1) is 22.2. The zero-order valence-corrected chi connectivity index (χ0v) is 18.1. The molecule has 1 aromatic heterocycles. The fourth-order valence-corrected chi connectivity index (χ4v) is 2.89. The number of aromatic nitrogens is 1. The number of aromatic hydroxyl groups is 1. The fourth-order valence-electron chi connectivity index (χ4n) is 2.89. The molecule has 3 aromatic rings. The summed E-state index contributed by atoms with van der Waals surface area (Å²) in [6.45, 7) is 6.58. The average Bonchev–Trinajstić information content (AvgIpc) is 2.72. The lowest BCUT2D eigenvalue weighted by Crippen LogP contribution is -2.33. The molecule has 3 rings (SSSR count). The summed E-state index contributed by atoms with van der Waals surface area (Å²) in [5.74, 6) is 1.11. The minimum Gasteiger partial charge on any atom is -0.506 e. The lowest BCUT2D eigenvalue weighted by Gasteiger charge is -2.19. The number of pyridine rings is 1. The van der Waals surface area contributed by atoms with Gasteiger partial charge in [-0.15, -0.1) is 0 Å². The van der Waals surface area contributed by atoms with Gasteiger partial charge < -0.3 is 24.6 Å². The van der Waals surface area contributed by atoms with Crippen LogP contribution in [0, 0.1) is 0 Å². The van der Waals surface area contributed by atoms with Crippen molar-refractivity contribution in [3.8, 4) is 17.2 Å². The van der Waals surface area contributed by atoms with E-state index >= 15 is 0 Å². The molecule has 1 amide bonds. The number of nitrogens with zero attached hydrogens (tertiary/aromatic N) is 1. The molecule has 0 spiro atoms. The molecule has 2 N–H and O–H groups in total. The van der Waals surface area contributed by atoms with Crippen LogP contribution in [0.4, 0.5) is 4.79 Å². The molecule has 0 bridgehead atoms. The topological polar surface area (TPSA) is 89.9 Å². The Morgan fingerprint density at radius 1 is 1.10 bits per heavy atom. The molecule has 0 unspecified atom stereocenters. The van der Waals surface area contributed by atoms with Gasteiger partial charge in [-0.25, -0.2) is 4.79 Å². The van der Waals surface area contributed by atoms with Gasteiger partial charge in [0.15, 0.2) is 11.5 Å². The highest BCUT2D eigenvalue weighted by Crippen LogP contribution is 2.37. The number of fused-ring (bicyclic) bond motifs is 1. The summed E-state index contributed by atoms with van der Waals surface area (Å²) in [6, 6.07) is 15.1. The molecule has 0 atom stereocenters. The van der Waals surface area contributed by atoms with E-state index < -0.39 is 11.7 Å². The number of nitrogens with one attached hydrogen (secondary N) is 1. The highest BCUT2D eigenvalue weighted by molar-refractivity contribution is 5.88. The van der Waals surface area contributed by atoms with Crippen molar-refractivity contribution in [3.05, 3.63) is 60.3 Å². The number of ether oxygens (including phenoxy) is 3. The third-order valence-corrected chi connectivity index (χ3v) is 4.24. The summed E-state index contributed by atoms with van der Waals surface area (Å²) in [5.41, 5.74) is 1.18. The van der Waals surface area contributed by atoms with Crippen LogP contribution in [-0.4, -0.2) is 34.9 Å². The van der Waals surface area contributed by atoms with Crippen molar-refractivity contribution in [2.45, 2.75) is 39.4 Å². The quantitative estimate of drug-likeness (QED) is 0.504. The number of amides is 1. The average molecular weight is 424 g/mol. The van der Waals surface area contributed by atoms with Crippen molar-refractivity contribution in [2.24, 2.45) is 0 Å². The van der Waals surface area contributed by atoms with E-state index in [-0.39, 0.29) is 5.75 Å². The maximum absolute atomic E-state index is 11.7. The SMILES string of the molecule is CC(C)(C)OC(=O)NCCCOc1c(OCc2ccccc2)ccc2ncc(O)cc12. The Kier molecular flexibility index (Phi) is 7.18. The second-order valence-corrected chi connectivity index (χ2v) is 8.06. The van der Waals surface area contributed by atoms with Crippen molar-refractivity contribution in [3.63, 3.8) is 0 Å². The molecule has 0 saturated carbocycles. The zero-order chi connectivity index (χ0) is 22.3. The van der Waals surface area contributed by atoms with Crippen molar-refractivity contribution in [1.29, 1.82) is 0 Å². The molecule has 0 fully saturated rings. The zero-order valence-electron chi connectivity index (χ0n) is 18.1. The van der Waals surface area contributed by atoms with Crippen LogP contribution >= 0.6 is 0 Å². The number of carbonyl (C=O) groups is 1. The van der Waals surface area contributed by atoms with Crippen molar-refractivity contribution >= 4 is 17.0 Å². The number of rotatable bonds is 8.